The van der Waals surface area contributed by atoms with Crippen LogP contribution in [-0.2, 0) is 0 Å². The van der Waals surface area contributed by atoms with Crippen molar-refractivity contribution in [2.45, 2.75) is 0 Å². The van der Waals surface area contributed by atoms with Gasteiger partial charge in [-0.05, 0) is 0 Å². The van der Waals surface area contributed by atoms with Gasteiger partial charge in [-0.25, -0.2) is 13.2 Å². The first-order valence-electron chi connectivity index (χ1n) is 2.67. The topological polar surface area (TPSA) is 20.2 Å². The number of aromatic hydroxyl groups is 1. The molecule has 0 radical (unpaired) electrons. The fourth-order valence-electron chi connectivity index (χ4n) is 0.593. The maximum Gasteiger partial charge on any atom is 1.00 e. The molecule has 0 aliphatic rings. The first-order valence-corrected chi connectivity index (χ1v) is 2.67. The average Bonchev–Trinajstić information content (AvgIpc) is 2.08. The molecular weight excluding hydrogens is 222 g/mol. The molecule has 68 valence electrons. The molecule has 1 aromatic carbocycles. The Balaban J connectivity index is 0. The van der Waals surface area contributed by atoms with E-state index in [1.54, 1.807) is 0 Å². The van der Waals surface area contributed by atoms with Crippen LogP contribution in [0.25, 0.3) is 0 Å². The zero-order chi connectivity index (χ0) is 9.46. The largest absolute Gasteiger partial charge is 1.00 e. The zero-order valence-corrected chi connectivity index (χ0v) is 9.46. The molecule has 0 heterocycles. The summed E-state index contributed by atoms with van der Waals surface area (Å²) in [6.07, 6.45) is 0. The van der Waals surface area contributed by atoms with Gasteiger partial charge in [0.25, 0.3) is 0 Å². The number of rotatable bonds is 0. The normalized spacial score (nSPS) is 9.62. The SMILES string of the molecule is Oc1c(F)c(F)c(F)c(F)c1F.[H-].[K+]. The van der Waals surface area contributed by atoms with Crippen molar-refractivity contribution in [2.75, 3.05) is 0 Å². The second-order valence-electron chi connectivity index (χ2n) is 1.92. The summed E-state index contributed by atoms with van der Waals surface area (Å²) in [5.41, 5.74) is 0. The summed E-state index contributed by atoms with van der Waals surface area (Å²) in [7, 11) is 0. The molecule has 0 saturated carbocycles. The summed E-state index contributed by atoms with van der Waals surface area (Å²) in [6, 6.07) is 0. The monoisotopic (exact) mass is 224 g/mol. The van der Waals surface area contributed by atoms with Gasteiger partial charge in [-0.2, -0.15) is 8.78 Å². The summed E-state index contributed by atoms with van der Waals surface area (Å²) < 4.78 is 60.6. The van der Waals surface area contributed by atoms with Crippen LogP contribution in [0.1, 0.15) is 1.43 Å². The summed E-state index contributed by atoms with van der Waals surface area (Å²) in [4.78, 5) is 0. The van der Waals surface area contributed by atoms with Crippen LogP contribution in [0, 0.1) is 29.1 Å². The number of halogens is 5. The fourth-order valence-corrected chi connectivity index (χ4v) is 0.593. The number of hydrogen-bond acceptors (Lipinski definition) is 1. The Bertz CT molecular complexity index is 240. The zero-order valence-electron chi connectivity index (χ0n) is 7.34. The van der Waals surface area contributed by atoms with Crippen LogP contribution in [0.3, 0.4) is 0 Å². The Morgan fingerprint density at radius 3 is 1.23 bits per heavy atom. The van der Waals surface area contributed by atoms with Gasteiger partial charge in [0, 0.05) is 0 Å². The van der Waals surface area contributed by atoms with Crippen LogP contribution >= 0.6 is 0 Å². The molecule has 0 aromatic heterocycles. The molecule has 13 heavy (non-hydrogen) atoms. The van der Waals surface area contributed by atoms with E-state index in [-0.39, 0.29) is 52.8 Å². The maximum absolute atomic E-state index is 12.2. The van der Waals surface area contributed by atoms with E-state index in [1.807, 2.05) is 0 Å². The predicted octanol–water partition coefficient (Wildman–Crippen LogP) is -0.796. The van der Waals surface area contributed by atoms with Crippen molar-refractivity contribution in [1.29, 1.82) is 0 Å². The number of hydrogen-bond donors (Lipinski definition) is 1. The van der Waals surface area contributed by atoms with Crippen LogP contribution in [0.5, 0.6) is 5.75 Å². The van der Waals surface area contributed by atoms with Gasteiger partial charge >= 0.3 is 51.4 Å². The molecular formula is C6H2F5KO. The molecule has 0 aliphatic heterocycles. The summed E-state index contributed by atoms with van der Waals surface area (Å²) in [6.45, 7) is 0. The Morgan fingerprint density at radius 1 is 0.692 bits per heavy atom. The van der Waals surface area contributed by atoms with Gasteiger partial charge in [0.05, 0.1) is 0 Å². The number of phenols is 1. The smallest absolute Gasteiger partial charge is 1.00 e. The van der Waals surface area contributed by atoms with E-state index >= 15 is 0 Å². The molecule has 1 rings (SSSR count). The van der Waals surface area contributed by atoms with Crippen LogP contribution in [0.15, 0.2) is 0 Å². The first-order chi connectivity index (χ1) is 5.46. The molecule has 1 N–H and O–H groups in total. The van der Waals surface area contributed by atoms with Crippen molar-refractivity contribution < 1.29 is 79.9 Å². The summed E-state index contributed by atoms with van der Waals surface area (Å²) in [5.74, 6) is -12.9. The van der Waals surface area contributed by atoms with Crippen LogP contribution in [-0.4, -0.2) is 5.11 Å². The van der Waals surface area contributed by atoms with E-state index in [2.05, 4.69) is 0 Å². The van der Waals surface area contributed by atoms with E-state index in [0.29, 0.717) is 0 Å². The predicted molar refractivity (Wildman–Crippen MR) is 29.0 cm³/mol. The second kappa shape index (κ2) is 4.69. The Labute approximate surface area is 113 Å². The molecule has 0 unspecified atom stereocenters. The van der Waals surface area contributed by atoms with Gasteiger partial charge < -0.3 is 6.53 Å². The fraction of sp³-hybridized carbons (Fsp3) is 0. The number of phenolic OH excluding ortho intramolecular Hbond substituents is 1. The summed E-state index contributed by atoms with van der Waals surface area (Å²) in [5, 5.41) is 8.30. The molecule has 0 spiro atoms. The molecule has 0 atom stereocenters. The van der Waals surface area contributed by atoms with Crippen molar-refractivity contribution in [3.05, 3.63) is 29.1 Å². The Morgan fingerprint density at radius 2 is 0.923 bits per heavy atom. The van der Waals surface area contributed by atoms with Gasteiger partial charge in [0.15, 0.2) is 5.75 Å². The van der Waals surface area contributed by atoms with Crippen molar-refractivity contribution in [3.8, 4) is 5.75 Å². The standard InChI is InChI=1S/C6HF5O.K.H/c7-1-2(8)4(10)6(12)5(11)3(1)9;;/h12H;;/q;+1;-1. The summed E-state index contributed by atoms with van der Waals surface area (Å²) >= 11 is 0. The molecule has 0 amide bonds. The van der Waals surface area contributed by atoms with Gasteiger partial charge in [-0.3, -0.25) is 0 Å². The second-order valence-corrected chi connectivity index (χ2v) is 1.92. The van der Waals surface area contributed by atoms with Crippen LogP contribution in [0.2, 0.25) is 0 Å². The van der Waals surface area contributed by atoms with Gasteiger partial charge in [0.1, 0.15) is 0 Å². The van der Waals surface area contributed by atoms with Crippen LogP contribution < -0.4 is 51.4 Å². The Kier molecular flexibility index (Phi) is 4.80. The minimum atomic E-state index is -2.29. The Hall–Kier alpha value is 0.306. The minimum Gasteiger partial charge on any atom is -1.00 e. The third kappa shape index (κ3) is 2.21. The first kappa shape index (κ1) is 13.3. The van der Waals surface area contributed by atoms with Gasteiger partial charge in [-0.1, -0.05) is 0 Å². The van der Waals surface area contributed by atoms with Gasteiger partial charge in [0.2, 0.25) is 29.1 Å². The van der Waals surface area contributed by atoms with E-state index < -0.39 is 34.8 Å². The van der Waals surface area contributed by atoms with E-state index in [1.165, 1.54) is 0 Å². The maximum atomic E-state index is 12.2. The molecule has 7 heteroatoms. The van der Waals surface area contributed by atoms with Crippen molar-refractivity contribution >= 4 is 0 Å². The molecule has 1 aromatic rings. The molecule has 0 bridgehead atoms. The molecule has 0 fully saturated rings. The van der Waals surface area contributed by atoms with Crippen molar-refractivity contribution in [3.63, 3.8) is 0 Å². The van der Waals surface area contributed by atoms with Gasteiger partial charge in [-0.15, -0.1) is 0 Å². The van der Waals surface area contributed by atoms with Crippen molar-refractivity contribution in [2.24, 2.45) is 0 Å². The third-order valence-corrected chi connectivity index (χ3v) is 1.19. The third-order valence-electron chi connectivity index (χ3n) is 1.19. The van der Waals surface area contributed by atoms with E-state index in [9.17, 15) is 22.0 Å². The number of benzene rings is 1. The van der Waals surface area contributed by atoms with E-state index in [4.69, 9.17) is 5.11 Å². The minimum absolute atomic E-state index is 0. The van der Waals surface area contributed by atoms with Crippen molar-refractivity contribution in [1.82, 2.24) is 0 Å². The molecule has 0 saturated heterocycles. The van der Waals surface area contributed by atoms with E-state index in [0.717, 1.165) is 0 Å². The molecule has 0 aliphatic carbocycles. The molecule has 1 nitrogen and oxygen atoms in total. The quantitative estimate of drug-likeness (QED) is 0.265. The van der Waals surface area contributed by atoms with Crippen LogP contribution in [0.4, 0.5) is 22.0 Å². The average molecular weight is 224 g/mol.